The summed E-state index contributed by atoms with van der Waals surface area (Å²) in [4.78, 5) is 26.0. The maximum Gasteiger partial charge on any atom is 0.262 e. The van der Waals surface area contributed by atoms with Crippen LogP contribution in [-0.2, 0) is 6.54 Å². The molecule has 1 aliphatic carbocycles. The molecule has 1 saturated carbocycles. The number of fused-ring (bicyclic) bond motifs is 1. The van der Waals surface area contributed by atoms with Crippen molar-refractivity contribution >= 4 is 40.1 Å². The van der Waals surface area contributed by atoms with Crippen LogP contribution in [0.1, 0.15) is 36.7 Å². The summed E-state index contributed by atoms with van der Waals surface area (Å²) >= 11 is 6.26. The van der Waals surface area contributed by atoms with E-state index < -0.39 is 6.04 Å². The van der Waals surface area contributed by atoms with Gasteiger partial charge in [-0.1, -0.05) is 17.7 Å². The Morgan fingerprint density at radius 2 is 2.03 bits per heavy atom. The summed E-state index contributed by atoms with van der Waals surface area (Å²) in [6.45, 7) is 0.156. The van der Waals surface area contributed by atoms with Gasteiger partial charge in [-0.2, -0.15) is 20.5 Å². The van der Waals surface area contributed by atoms with Gasteiger partial charge in [0.05, 0.1) is 34.5 Å². The highest BCUT2D eigenvalue weighted by atomic mass is 35.5. The van der Waals surface area contributed by atoms with Crippen molar-refractivity contribution in [2.45, 2.75) is 31.8 Å². The molecule has 10 nitrogen and oxygen atoms in total. The molecule has 0 bridgehead atoms. The molecular weight excluding hydrogens is 418 g/mol. The zero-order valence-corrected chi connectivity index (χ0v) is 17.1. The summed E-state index contributed by atoms with van der Waals surface area (Å²) in [5, 5.41) is 22.4. The summed E-state index contributed by atoms with van der Waals surface area (Å²) < 4.78 is 1.47. The second-order valence-corrected chi connectivity index (χ2v) is 7.64. The van der Waals surface area contributed by atoms with E-state index in [1.54, 1.807) is 18.2 Å². The molecule has 3 aromatic rings. The third-order valence-electron chi connectivity index (χ3n) is 5.14. The molecule has 2 aromatic heterocycles. The number of halogens is 1. The van der Waals surface area contributed by atoms with Crippen LogP contribution in [0.4, 0.5) is 17.6 Å². The molecule has 0 spiro atoms. The quantitative estimate of drug-likeness (QED) is 0.525. The summed E-state index contributed by atoms with van der Waals surface area (Å²) in [6, 6.07) is 8.67. The normalized spacial score (nSPS) is 14.0. The molecular formula is C20H18ClN9O. The molecule has 2 heterocycles. The number of nitrogen functional groups attached to an aromatic ring is 2. The molecule has 11 heteroatoms. The molecule has 1 fully saturated rings. The first-order valence-corrected chi connectivity index (χ1v) is 9.98. The first-order valence-electron chi connectivity index (χ1n) is 9.60. The number of nitrogens with zero attached hydrogens (tertiary/aromatic N) is 6. The molecule has 156 valence electrons. The van der Waals surface area contributed by atoms with Crippen LogP contribution in [0.25, 0.3) is 10.9 Å². The Bertz CT molecular complexity index is 1320. The number of anilines is 3. The maximum absolute atomic E-state index is 13.3. The van der Waals surface area contributed by atoms with Crippen LogP contribution in [0.2, 0.25) is 5.02 Å². The Kier molecular flexibility index (Phi) is 5.32. The molecule has 0 saturated heterocycles. The summed E-state index contributed by atoms with van der Waals surface area (Å²) in [7, 11) is 0. The lowest BCUT2D eigenvalue weighted by Gasteiger charge is -2.23. The highest BCUT2D eigenvalue weighted by Gasteiger charge is 2.36. The van der Waals surface area contributed by atoms with Crippen LogP contribution in [0.15, 0.2) is 23.0 Å². The van der Waals surface area contributed by atoms with Crippen LogP contribution in [0.5, 0.6) is 0 Å². The first-order chi connectivity index (χ1) is 14.9. The number of rotatable bonds is 6. The monoisotopic (exact) mass is 435 g/mol. The molecule has 0 aliphatic heterocycles. The lowest BCUT2D eigenvalue weighted by molar-refractivity contribution is 0.547. The van der Waals surface area contributed by atoms with Crippen LogP contribution >= 0.6 is 11.6 Å². The van der Waals surface area contributed by atoms with Crippen LogP contribution in [-0.4, -0.2) is 19.5 Å². The molecule has 0 radical (unpaired) electrons. The standard InChI is InChI=1S/C20H18ClN9O/c21-12-3-1-4-13-14(12)19(31)30(8-2-7-22)18(26-13)15(10-5-6-10)27-17-11(9-23)16(24)28-20(25)29-17/h1,3-4,10,15H,2,5-6,8H2,(H5,24,25,27,28,29)/t15-/m0/s1. The van der Waals surface area contributed by atoms with Gasteiger partial charge in [0.1, 0.15) is 23.3 Å². The third kappa shape index (κ3) is 3.81. The van der Waals surface area contributed by atoms with Gasteiger partial charge in [-0.05, 0) is 30.9 Å². The van der Waals surface area contributed by atoms with Crippen molar-refractivity contribution in [2.75, 3.05) is 16.8 Å². The molecule has 31 heavy (non-hydrogen) atoms. The number of nitrogens with one attached hydrogen (secondary N) is 1. The first kappa shape index (κ1) is 20.4. The molecule has 0 unspecified atom stereocenters. The highest BCUT2D eigenvalue weighted by molar-refractivity contribution is 6.35. The zero-order valence-electron chi connectivity index (χ0n) is 16.3. The number of aromatic nitrogens is 4. The molecule has 1 atom stereocenters. The topological polar surface area (TPSA) is 172 Å². The van der Waals surface area contributed by atoms with Gasteiger partial charge in [0.15, 0.2) is 5.82 Å². The van der Waals surface area contributed by atoms with Crippen molar-refractivity contribution in [3.05, 3.63) is 45.0 Å². The lowest BCUT2D eigenvalue weighted by Crippen LogP contribution is -2.31. The van der Waals surface area contributed by atoms with Gasteiger partial charge >= 0.3 is 0 Å². The van der Waals surface area contributed by atoms with E-state index in [1.165, 1.54) is 4.57 Å². The van der Waals surface area contributed by atoms with Crippen LogP contribution in [0, 0.1) is 28.6 Å². The Morgan fingerprint density at radius 3 is 2.71 bits per heavy atom. The predicted molar refractivity (Wildman–Crippen MR) is 116 cm³/mol. The van der Waals surface area contributed by atoms with Gasteiger partial charge in [0.2, 0.25) is 5.95 Å². The third-order valence-corrected chi connectivity index (χ3v) is 5.45. The zero-order chi connectivity index (χ0) is 22.1. The fraction of sp³-hybridized carbons (Fsp3) is 0.300. The van der Waals surface area contributed by atoms with Gasteiger partial charge in [-0.25, -0.2) is 4.98 Å². The second-order valence-electron chi connectivity index (χ2n) is 7.23. The van der Waals surface area contributed by atoms with E-state index >= 15 is 0 Å². The summed E-state index contributed by atoms with van der Waals surface area (Å²) in [5.74, 6) is 0.663. The van der Waals surface area contributed by atoms with Gasteiger partial charge in [-0.15, -0.1) is 0 Å². The molecule has 1 aliphatic rings. The van der Waals surface area contributed by atoms with Crippen LogP contribution < -0.4 is 22.3 Å². The average Bonchev–Trinajstić information content (AvgIpc) is 3.56. The second kappa shape index (κ2) is 8.09. The fourth-order valence-electron chi connectivity index (χ4n) is 3.54. The maximum atomic E-state index is 13.3. The van der Waals surface area contributed by atoms with E-state index in [4.69, 9.17) is 33.3 Å². The average molecular weight is 436 g/mol. The van der Waals surface area contributed by atoms with E-state index in [0.29, 0.717) is 21.7 Å². The molecule has 4 rings (SSSR count). The number of nitriles is 2. The van der Waals surface area contributed by atoms with Gasteiger partial charge in [0, 0.05) is 6.54 Å². The van der Waals surface area contributed by atoms with Gasteiger partial charge < -0.3 is 16.8 Å². The van der Waals surface area contributed by atoms with Crippen molar-refractivity contribution < 1.29 is 0 Å². The molecule has 1 aromatic carbocycles. The molecule has 0 amide bonds. The van der Waals surface area contributed by atoms with E-state index in [9.17, 15) is 10.1 Å². The largest absolute Gasteiger partial charge is 0.382 e. The summed E-state index contributed by atoms with van der Waals surface area (Å²) in [5.41, 5.74) is 11.8. The van der Waals surface area contributed by atoms with Gasteiger partial charge in [0.25, 0.3) is 5.56 Å². The summed E-state index contributed by atoms with van der Waals surface area (Å²) in [6.07, 6.45) is 1.92. The van der Waals surface area contributed by atoms with Crippen molar-refractivity contribution in [1.29, 1.82) is 10.5 Å². The number of hydrogen-bond donors (Lipinski definition) is 3. The Hall–Kier alpha value is -3.89. The lowest BCUT2D eigenvalue weighted by atomic mass is 10.1. The number of benzene rings is 1. The minimum absolute atomic E-state index is 0.0350. The smallest absolute Gasteiger partial charge is 0.262 e. The minimum atomic E-state index is -0.449. The Morgan fingerprint density at radius 1 is 1.26 bits per heavy atom. The van der Waals surface area contributed by atoms with E-state index in [1.807, 2.05) is 6.07 Å². The minimum Gasteiger partial charge on any atom is -0.382 e. The van der Waals surface area contributed by atoms with Crippen molar-refractivity contribution in [2.24, 2.45) is 5.92 Å². The van der Waals surface area contributed by atoms with Gasteiger partial charge in [-0.3, -0.25) is 9.36 Å². The van der Waals surface area contributed by atoms with E-state index in [-0.39, 0.29) is 47.6 Å². The van der Waals surface area contributed by atoms with Crippen molar-refractivity contribution in [3.8, 4) is 12.1 Å². The number of nitrogens with two attached hydrogens (primary N) is 2. The molecule has 5 N–H and O–H groups in total. The Labute approximate surface area is 182 Å². The van der Waals surface area contributed by atoms with Crippen molar-refractivity contribution in [1.82, 2.24) is 19.5 Å². The van der Waals surface area contributed by atoms with Crippen molar-refractivity contribution in [3.63, 3.8) is 0 Å². The SMILES string of the molecule is N#CCCn1c([C@@H](Nc2nc(N)nc(N)c2C#N)C2CC2)nc2cccc(Cl)c2c1=O. The predicted octanol–water partition coefficient (Wildman–Crippen LogP) is 2.35. The van der Waals surface area contributed by atoms with Crippen LogP contribution in [0.3, 0.4) is 0 Å². The van der Waals surface area contributed by atoms with E-state index in [0.717, 1.165) is 12.8 Å². The fourth-order valence-corrected chi connectivity index (χ4v) is 3.79. The highest BCUT2D eigenvalue weighted by Crippen LogP contribution is 2.43. The number of hydrogen-bond acceptors (Lipinski definition) is 9. The Balaban J connectivity index is 1.90. The van der Waals surface area contributed by atoms with E-state index in [2.05, 4.69) is 21.4 Å².